The lowest BCUT2D eigenvalue weighted by Gasteiger charge is -2.32. The summed E-state index contributed by atoms with van der Waals surface area (Å²) in [5, 5.41) is 3.66. The van der Waals surface area contributed by atoms with Crippen LogP contribution in [0.1, 0.15) is 36.1 Å². The Balaban J connectivity index is 1.84. The van der Waals surface area contributed by atoms with Crippen LogP contribution in [0.5, 0.6) is 0 Å². The Bertz CT molecular complexity index is 1100. The van der Waals surface area contributed by atoms with E-state index in [4.69, 9.17) is 11.6 Å². The molecule has 4 nitrogen and oxygen atoms in total. The average molecular weight is 509 g/mol. The Labute approximate surface area is 218 Å². The van der Waals surface area contributed by atoms with E-state index in [1.54, 1.807) is 16.7 Å². The van der Waals surface area contributed by atoms with Gasteiger partial charge in [0.2, 0.25) is 11.8 Å². The fraction of sp³-hybridized carbons (Fsp3) is 0.310. The number of hydrogen-bond acceptors (Lipinski definition) is 3. The SMILES string of the molecule is Cc1cccc(CSCC(=O)N(Cc2ccc(Cl)cc2)[C@H](Cc2ccccc2)C(=O)NC(C)C)c1. The van der Waals surface area contributed by atoms with Gasteiger partial charge in [-0.25, -0.2) is 0 Å². The lowest BCUT2D eigenvalue weighted by Crippen LogP contribution is -2.52. The summed E-state index contributed by atoms with van der Waals surface area (Å²) >= 11 is 7.65. The molecule has 3 aromatic rings. The summed E-state index contributed by atoms with van der Waals surface area (Å²) < 4.78 is 0. The fourth-order valence-electron chi connectivity index (χ4n) is 3.86. The van der Waals surface area contributed by atoms with Crippen LogP contribution in [-0.2, 0) is 28.3 Å². The number of halogens is 1. The van der Waals surface area contributed by atoms with Gasteiger partial charge in [0.1, 0.15) is 6.04 Å². The molecule has 6 heteroatoms. The van der Waals surface area contributed by atoms with Gasteiger partial charge in [0, 0.05) is 29.8 Å². The number of hydrogen-bond donors (Lipinski definition) is 1. The second-order valence-corrected chi connectivity index (χ2v) is 10.4. The van der Waals surface area contributed by atoms with Gasteiger partial charge in [-0.1, -0.05) is 83.9 Å². The molecule has 0 aliphatic carbocycles. The molecule has 1 N–H and O–H groups in total. The third-order valence-corrected chi connectivity index (χ3v) is 6.79. The highest BCUT2D eigenvalue weighted by molar-refractivity contribution is 7.99. The van der Waals surface area contributed by atoms with Gasteiger partial charge in [-0.3, -0.25) is 9.59 Å². The molecule has 3 aromatic carbocycles. The molecule has 0 bridgehead atoms. The van der Waals surface area contributed by atoms with E-state index >= 15 is 0 Å². The van der Waals surface area contributed by atoms with Gasteiger partial charge in [-0.05, 0) is 49.6 Å². The molecule has 184 valence electrons. The van der Waals surface area contributed by atoms with Crippen LogP contribution in [0.15, 0.2) is 78.9 Å². The summed E-state index contributed by atoms with van der Waals surface area (Å²) in [6, 6.07) is 24.9. The number of benzene rings is 3. The van der Waals surface area contributed by atoms with Crippen LogP contribution in [0.4, 0.5) is 0 Å². The Morgan fingerprint density at radius 2 is 1.60 bits per heavy atom. The molecule has 0 heterocycles. The van der Waals surface area contributed by atoms with Gasteiger partial charge >= 0.3 is 0 Å². The largest absolute Gasteiger partial charge is 0.352 e. The number of amides is 2. The van der Waals surface area contributed by atoms with E-state index in [-0.39, 0.29) is 17.9 Å². The van der Waals surface area contributed by atoms with E-state index in [9.17, 15) is 9.59 Å². The summed E-state index contributed by atoms with van der Waals surface area (Å²) in [5.74, 6) is 0.832. The van der Waals surface area contributed by atoms with Crippen LogP contribution < -0.4 is 5.32 Å². The monoisotopic (exact) mass is 508 g/mol. The minimum absolute atomic E-state index is 0.0241. The number of nitrogens with one attached hydrogen (secondary N) is 1. The molecule has 0 saturated heterocycles. The maximum atomic E-state index is 13.6. The minimum atomic E-state index is -0.623. The van der Waals surface area contributed by atoms with Crippen LogP contribution >= 0.6 is 23.4 Å². The van der Waals surface area contributed by atoms with Crippen molar-refractivity contribution in [2.75, 3.05) is 5.75 Å². The van der Waals surface area contributed by atoms with Crippen molar-refractivity contribution in [1.29, 1.82) is 0 Å². The highest BCUT2D eigenvalue weighted by Crippen LogP contribution is 2.20. The van der Waals surface area contributed by atoms with Gasteiger partial charge in [-0.2, -0.15) is 0 Å². The van der Waals surface area contributed by atoms with Gasteiger partial charge in [-0.15, -0.1) is 11.8 Å². The first-order valence-electron chi connectivity index (χ1n) is 11.8. The molecule has 0 radical (unpaired) electrons. The van der Waals surface area contributed by atoms with Crippen LogP contribution in [0.25, 0.3) is 0 Å². The summed E-state index contributed by atoms with van der Waals surface area (Å²) in [4.78, 5) is 28.7. The first-order chi connectivity index (χ1) is 16.8. The third-order valence-electron chi connectivity index (χ3n) is 5.54. The van der Waals surface area contributed by atoms with Crippen LogP contribution in [0.2, 0.25) is 5.02 Å². The summed E-state index contributed by atoms with van der Waals surface area (Å²) in [7, 11) is 0. The Hall–Kier alpha value is -2.76. The molecule has 35 heavy (non-hydrogen) atoms. The van der Waals surface area contributed by atoms with E-state index in [1.807, 2.05) is 74.5 Å². The molecule has 3 rings (SSSR count). The molecule has 0 spiro atoms. The highest BCUT2D eigenvalue weighted by Gasteiger charge is 2.30. The number of aryl methyl sites for hydroxylation is 1. The lowest BCUT2D eigenvalue weighted by atomic mass is 10.0. The molecular formula is C29H33ClN2O2S. The fourth-order valence-corrected chi connectivity index (χ4v) is 4.85. The maximum absolute atomic E-state index is 13.6. The van der Waals surface area contributed by atoms with Crippen LogP contribution in [0, 0.1) is 6.92 Å². The first kappa shape index (κ1) is 26.8. The van der Waals surface area contributed by atoms with Crippen LogP contribution in [-0.4, -0.2) is 34.6 Å². The topological polar surface area (TPSA) is 49.4 Å². The lowest BCUT2D eigenvalue weighted by molar-refractivity contribution is -0.139. The average Bonchev–Trinajstić information content (AvgIpc) is 2.82. The molecule has 1 atom stereocenters. The molecule has 0 aromatic heterocycles. The Morgan fingerprint density at radius 3 is 2.26 bits per heavy atom. The third kappa shape index (κ3) is 8.75. The standard InChI is InChI=1S/C29H33ClN2O2S/c1-21(2)31-29(34)27(17-23-9-5-4-6-10-23)32(18-24-12-14-26(30)15-13-24)28(33)20-35-19-25-11-7-8-22(3)16-25/h4-16,21,27H,17-20H2,1-3H3,(H,31,34)/t27-/m1/s1. The van der Waals surface area contributed by atoms with Crippen molar-refractivity contribution in [2.45, 2.75) is 51.6 Å². The molecule has 0 fully saturated rings. The van der Waals surface area contributed by atoms with Gasteiger partial charge < -0.3 is 10.2 Å². The van der Waals surface area contributed by atoms with Crippen molar-refractivity contribution in [1.82, 2.24) is 10.2 Å². The van der Waals surface area contributed by atoms with Crippen molar-refractivity contribution in [3.05, 3.63) is 106 Å². The quantitative estimate of drug-likeness (QED) is 0.343. The van der Waals surface area contributed by atoms with Crippen molar-refractivity contribution in [2.24, 2.45) is 0 Å². The van der Waals surface area contributed by atoms with E-state index in [2.05, 4.69) is 30.4 Å². The maximum Gasteiger partial charge on any atom is 0.243 e. The number of carbonyl (C=O) groups excluding carboxylic acids is 2. The van der Waals surface area contributed by atoms with Gasteiger partial charge in [0.25, 0.3) is 0 Å². The van der Waals surface area contributed by atoms with Crippen molar-refractivity contribution in [3.8, 4) is 0 Å². The first-order valence-corrected chi connectivity index (χ1v) is 13.4. The normalized spacial score (nSPS) is 11.8. The van der Waals surface area contributed by atoms with E-state index in [0.29, 0.717) is 23.7 Å². The predicted octanol–water partition coefficient (Wildman–Crippen LogP) is 6.05. The second-order valence-electron chi connectivity index (χ2n) is 9.00. The molecule has 0 aliphatic rings. The summed E-state index contributed by atoms with van der Waals surface area (Å²) in [6.45, 7) is 6.26. The number of nitrogens with zero attached hydrogens (tertiary/aromatic N) is 1. The molecular weight excluding hydrogens is 476 g/mol. The zero-order valence-corrected chi connectivity index (χ0v) is 22.1. The smallest absolute Gasteiger partial charge is 0.243 e. The van der Waals surface area contributed by atoms with Gasteiger partial charge in [0.15, 0.2) is 0 Å². The summed E-state index contributed by atoms with van der Waals surface area (Å²) in [5.41, 5.74) is 4.33. The van der Waals surface area contributed by atoms with E-state index in [1.165, 1.54) is 11.1 Å². The zero-order valence-electron chi connectivity index (χ0n) is 20.5. The molecule has 0 unspecified atom stereocenters. The predicted molar refractivity (Wildman–Crippen MR) is 147 cm³/mol. The van der Waals surface area contributed by atoms with Crippen LogP contribution in [0.3, 0.4) is 0 Å². The van der Waals surface area contributed by atoms with E-state index < -0.39 is 6.04 Å². The van der Waals surface area contributed by atoms with Crippen molar-refractivity contribution < 1.29 is 9.59 Å². The van der Waals surface area contributed by atoms with Crippen molar-refractivity contribution >= 4 is 35.2 Å². The summed E-state index contributed by atoms with van der Waals surface area (Å²) in [6.07, 6.45) is 0.446. The highest BCUT2D eigenvalue weighted by atomic mass is 35.5. The van der Waals surface area contributed by atoms with Gasteiger partial charge in [0.05, 0.1) is 5.75 Å². The zero-order chi connectivity index (χ0) is 25.2. The van der Waals surface area contributed by atoms with E-state index in [0.717, 1.165) is 16.9 Å². The number of rotatable bonds is 11. The molecule has 2 amide bonds. The minimum Gasteiger partial charge on any atom is -0.352 e. The Morgan fingerprint density at radius 1 is 0.914 bits per heavy atom. The molecule has 0 aliphatic heterocycles. The number of carbonyl (C=O) groups is 2. The second kappa shape index (κ2) is 13.4. The number of thioether (sulfide) groups is 1. The Kier molecular flexibility index (Phi) is 10.2. The van der Waals surface area contributed by atoms with Crippen molar-refractivity contribution in [3.63, 3.8) is 0 Å². The molecule has 0 saturated carbocycles.